The van der Waals surface area contributed by atoms with Gasteiger partial charge in [-0.15, -0.1) is 0 Å². The van der Waals surface area contributed by atoms with Crippen molar-refractivity contribution in [2.45, 2.75) is 68.5 Å². The molecule has 8 nitrogen and oxygen atoms in total. The minimum atomic E-state index is -5.33. The Hall–Kier alpha value is -3.91. The summed E-state index contributed by atoms with van der Waals surface area (Å²) in [5.41, 5.74) is 2.59. The van der Waals surface area contributed by atoms with Crippen LogP contribution >= 0.6 is 0 Å². The molecule has 1 amide bonds. The first-order valence-corrected chi connectivity index (χ1v) is 15.5. The van der Waals surface area contributed by atoms with Gasteiger partial charge >= 0.3 is 5.97 Å². The molecule has 0 radical (unpaired) electrons. The lowest BCUT2D eigenvalue weighted by Gasteiger charge is -2.41. The summed E-state index contributed by atoms with van der Waals surface area (Å²) in [5, 5.41) is 0. The van der Waals surface area contributed by atoms with E-state index in [0.717, 1.165) is 31.2 Å². The van der Waals surface area contributed by atoms with E-state index in [2.05, 4.69) is 4.98 Å². The van der Waals surface area contributed by atoms with Gasteiger partial charge in [-0.2, -0.15) is 4.31 Å². The normalized spacial score (nSPS) is 18.9. The van der Waals surface area contributed by atoms with Crippen molar-refractivity contribution < 1.29 is 44.7 Å². The van der Waals surface area contributed by atoms with Gasteiger partial charge in [0.1, 0.15) is 12.6 Å². The standard InChI is InChI=1S/C30H26F5N3O5S/c31-23-24(32)26(34)28(27(35)25(23)33)44(41,42)38-11-10-22(38)29(39)37(20-8-9-21-18(12-20)15-43-30(21)40)14-19-7-6-17(13-36-19)16-4-2-1-3-5-16/h6-9,12-13,16,22H,1-5,10-11,14-15H2/t22-/m1/s1. The monoisotopic (exact) mass is 635 g/mol. The number of carbonyl (C=O) groups is 2. The quantitative estimate of drug-likeness (QED) is 0.148. The molecule has 1 saturated carbocycles. The van der Waals surface area contributed by atoms with Gasteiger partial charge in [0.15, 0.2) is 28.2 Å². The van der Waals surface area contributed by atoms with Gasteiger partial charge in [-0.05, 0) is 55.0 Å². The molecular weight excluding hydrogens is 609 g/mol. The Morgan fingerprint density at radius 3 is 2.23 bits per heavy atom. The van der Waals surface area contributed by atoms with Crippen molar-refractivity contribution in [2.24, 2.45) is 0 Å². The number of carbonyl (C=O) groups excluding carboxylic acids is 2. The fraction of sp³-hybridized carbons (Fsp3) is 0.367. The number of cyclic esters (lactones) is 1. The van der Waals surface area contributed by atoms with Crippen LogP contribution < -0.4 is 4.90 Å². The Morgan fingerprint density at radius 2 is 1.61 bits per heavy atom. The topological polar surface area (TPSA) is 96.9 Å². The smallest absolute Gasteiger partial charge is 0.338 e. The molecule has 2 aliphatic heterocycles. The summed E-state index contributed by atoms with van der Waals surface area (Å²) in [7, 11) is -5.33. The number of anilines is 1. The van der Waals surface area contributed by atoms with Crippen LogP contribution in [-0.2, 0) is 32.7 Å². The van der Waals surface area contributed by atoms with Gasteiger partial charge in [0.25, 0.3) is 0 Å². The zero-order valence-electron chi connectivity index (χ0n) is 23.2. The average Bonchev–Trinajstić information content (AvgIpc) is 3.37. The third-order valence-electron chi connectivity index (χ3n) is 8.48. The number of aromatic nitrogens is 1. The van der Waals surface area contributed by atoms with Crippen LogP contribution in [0.3, 0.4) is 0 Å². The van der Waals surface area contributed by atoms with Gasteiger partial charge in [0.05, 0.1) is 17.8 Å². The van der Waals surface area contributed by atoms with Crippen molar-refractivity contribution in [3.8, 4) is 0 Å². The highest BCUT2D eigenvalue weighted by Crippen LogP contribution is 2.36. The Kier molecular flexibility index (Phi) is 7.91. The van der Waals surface area contributed by atoms with Crippen LogP contribution in [0.25, 0.3) is 0 Å². The van der Waals surface area contributed by atoms with Crippen molar-refractivity contribution >= 4 is 27.6 Å². The SMILES string of the molecule is O=C1OCc2cc(N(Cc3ccc(C4CCCCC4)cn3)C(=O)[C@H]3CCN3S(=O)(=O)c3c(F)c(F)c(F)c(F)c3F)ccc21. The Morgan fingerprint density at radius 1 is 0.932 bits per heavy atom. The van der Waals surface area contributed by atoms with Gasteiger partial charge in [-0.25, -0.2) is 35.2 Å². The maximum atomic E-state index is 14.5. The highest BCUT2D eigenvalue weighted by atomic mass is 32.2. The van der Waals surface area contributed by atoms with Crippen molar-refractivity contribution in [1.82, 2.24) is 9.29 Å². The predicted octanol–water partition coefficient (Wildman–Crippen LogP) is 5.49. The number of ether oxygens (including phenoxy) is 1. The second kappa shape index (κ2) is 11.5. The maximum Gasteiger partial charge on any atom is 0.338 e. The summed E-state index contributed by atoms with van der Waals surface area (Å²) in [6.07, 6.45) is 7.22. The van der Waals surface area contributed by atoms with Crippen LogP contribution in [0.2, 0.25) is 0 Å². The minimum absolute atomic E-state index is 0.0391. The molecule has 2 aromatic carbocycles. The molecule has 1 atom stereocenters. The molecule has 0 N–H and O–H groups in total. The van der Waals surface area contributed by atoms with Gasteiger partial charge in [0.2, 0.25) is 21.7 Å². The maximum absolute atomic E-state index is 14.5. The van der Waals surface area contributed by atoms with E-state index in [-0.39, 0.29) is 25.3 Å². The van der Waals surface area contributed by atoms with Crippen LogP contribution in [0, 0.1) is 29.1 Å². The molecule has 2 fully saturated rings. The molecule has 14 heteroatoms. The first-order valence-electron chi connectivity index (χ1n) is 14.1. The van der Waals surface area contributed by atoms with Gasteiger partial charge in [-0.1, -0.05) is 25.3 Å². The molecule has 0 unspecified atom stereocenters. The Balaban J connectivity index is 1.33. The Labute approximate surface area is 249 Å². The molecule has 1 saturated heterocycles. The number of benzene rings is 2. The zero-order chi connectivity index (χ0) is 31.3. The third kappa shape index (κ3) is 5.13. The largest absolute Gasteiger partial charge is 0.457 e. The molecule has 0 spiro atoms. The second-order valence-electron chi connectivity index (χ2n) is 11.1. The molecule has 0 bridgehead atoms. The summed E-state index contributed by atoms with van der Waals surface area (Å²) in [5.74, 6) is -13.3. The summed E-state index contributed by atoms with van der Waals surface area (Å²) >= 11 is 0. The number of halogens is 5. The number of amides is 1. The molecule has 3 aliphatic rings. The highest BCUT2D eigenvalue weighted by Gasteiger charge is 2.48. The predicted molar refractivity (Wildman–Crippen MR) is 145 cm³/mol. The lowest BCUT2D eigenvalue weighted by Crippen LogP contribution is -2.59. The molecule has 1 aliphatic carbocycles. The third-order valence-corrected chi connectivity index (χ3v) is 10.4. The van der Waals surface area contributed by atoms with Crippen LogP contribution in [0.4, 0.5) is 27.6 Å². The Bertz CT molecular complexity index is 1730. The average molecular weight is 636 g/mol. The van der Waals surface area contributed by atoms with E-state index in [1.54, 1.807) is 12.3 Å². The van der Waals surface area contributed by atoms with Crippen LogP contribution in [0.1, 0.15) is 71.6 Å². The number of sulfonamides is 1. The zero-order valence-corrected chi connectivity index (χ0v) is 24.0. The van der Waals surface area contributed by atoms with Crippen molar-refractivity contribution in [2.75, 3.05) is 11.4 Å². The molecule has 232 valence electrons. The van der Waals surface area contributed by atoms with E-state index in [4.69, 9.17) is 4.74 Å². The van der Waals surface area contributed by atoms with Gasteiger partial charge in [0, 0.05) is 24.0 Å². The van der Waals surface area contributed by atoms with Crippen molar-refractivity contribution in [3.05, 3.63) is 88.0 Å². The fourth-order valence-corrected chi connectivity index (χ4v) is 7.70. The number of hydrogen-bond donors (Lipinski definition) is 0. The number of pyridine rings is 1. The van der Waals surface area contributed by atoms with Crippen LogP contribution in [-0.4, -0.2) is 42.2 Å². The summed E-state index contributed by atoms with van der Waals surface area (Å²) < 4.78 is 102. The summed E-state index contributed by atoms with van der Waals surface area (Å²) in [6.45, 7) is -0.570. The number of fused-ring (bicyclic) bond motifs is 1. The molecule has 1 aromatic heterocycles. The van der Waals surface area contributed by atoms with Crippen LogP contribution in [0.5, 0.6) is 0 Å². The van der Waals surface area contributed by atoms with E-state index in [1.165, 1.54) is 29.5 Å². The number of hydrogen-bond acceptors (Lipinski definition) is 6. The molecule has 3 aromatic rings. The lowest BCUT2D eigenvalue weighted by atomic mass is 9.85. The highest BCUT2D eigenvalue weighted by molar-refractivity contribution is 7.89. The van der Waals surface area contributed by atoms with E-state index in [0.29, 0.717) is 27.0 Å². The molecule has 3 heterocycles. The lowest BCUT2D eigenvalue weighted by molar-refractivity contribution is -0.125. The molecular formula is C30H26F5N3O5S. The fourth-order valence-electron chi connectivity index (χ4n) is 5.96. The minimum Gasteiger partial charge on any atom is -0.457 e. The summed E-state index contributed by atoms with van der Waals surface area (Å²) in [4.78, 5) is 29.7. The van der Waals surface area contributed by atoms with E-state index in [9.17, 15) is 40.0 Å². The van der Waals surface area contributed by atoms with Gasteiger partial charge in [-0.3, -0.25) is 9.78 Å². The number of nitrogens with zero attached hydrogens (tertiary/aromatic N) is 3. The van der Waals surface area contributed by atoms with Crippen molar-refractivity contribution in [3.63, 3.8) is 0 Å². The van der Waals surface area contributed by atoms with E-state index < -0.39 is 68.5 Å². The van der Waals surface area contributed by atoms with E-state index >= 15 is 0 Å². The van der Waals surface area contributed by atoms with Gasteiger partial charge < -0.3 is 9.64 Å². The number of rotatable bonds is 7. The first-order chi connectivity index (χ1) is 21.0. The van der Waals surface area contributed by atoms with Crippen LogP contribution in [0.15, 0.2) is 41.4 Å². The second-order valence-corrected chi connectivity index (χ2v) is 12.9. The molecule has 44 heavy (non-hydrogen) atoms. The summed E-state index contributed by atoms with van der Waals surface area (Å²) in [6, 6.07) is 6.65. The van der Waals surface area contributed by atoms with Crippen molar-refractivity contribution in [1.29, 1.82) is 0 Å². The van der Waals surface area contributed by atoms with E-state index in [1.807, 2.05) is 6.07 Å². The first kappa shape index (κ1) is 30.1. The number of esters is 1. The molecule has 6 rings (SSSR count).